The van der Waals surface area contributed by atoms with E-state index in [2.05, 4.69) is 15.9 Å². The van der Waals surface area contributed by atoms with Crippen molar-refractivity contribution in [2.75, 3.05) is 11.9 Å². The zero-order valence-electron chi connectivity index (χ0n) is 8.62. The molecule has 0 aliphatic heterocycles. The van der Waals surface area contributed by atoms with Gasteiger partial charge < -0.3 is 9.30 Å². The van der Waals surface area contributed by atoms with Crippen molar-refractivity contribution >= 4 is 27.7 Å². The van der Waals surface area contributed by atoms with Crippen LogP contribution in [-0.4, -0.2) is 28.3 Å². The number of nitrogens with zero attached hydrogens (tertiary/aromatic N) is 1. The third-order valence-corrected chi connectivity index (χ3v) is 2.44. The minimum absolute atomic E-state index is 0.0545. The molecule has 4 nitrogen and oxygen atoms in total. The third kappa shape index (κ3) is 2.68. The van der Waals surface area contributed by atoms with Gasteiger partial charge in [0.05, 0.1) is 11.9 Å². The van der Waals surface area contributed by atoms with E-state index < -0.39 is 5.97 Å². The summed E-state index contributed by atoms with van der Waals surface area (Å²) in [5.41, 5.74) is 0.901. The van der Waals surface area contributed by atoms with E-state index in [-0.39, 0.29) is 11.1 Å². The maximum atomic E-state index is 11.4. The number of carbonyl (C=O) groups excluding carboxylic acids is 2. The highest BCUT2D eigenvalue weighted by Gasteiger charge is 2.15. The molecule has 0 bridgehead atoms. The molecule has 0 N–H and O–H groups in total. The van der Waals surface area contributed by atoms with Gasteiger partial charge in [0.25, 0.3) is 0 Å². The number of ketones is 1. The molecule has 0 unspecified atom stereocenters. The van der Waals surface area contributed by atoms with E-state index in [1.807, 2.05) is 0 Å². The number of aryl methyl sites for hydroxylation is 1. The predicted octanol–water partition coefficient (Wildman–Crippen LogP) is 1.78. The van der Waals surface area contributed by atoms with Crippen LogP contribution in [-0.2, 0) is 11.8 Å². The number of aromatic nitrogens is 1. The van der Waals surface area contributed by atoms with Crippen LogP contribution in [0, 0.1) is 0 Å². The fourth-order valence-corrected chi connectivity index (χ4v) is 1.53. The van der Waals surface area contributed by atoms with Crippen molar-refractivity contribution in [1.82, 2.24) is 4.57 Å². The van der Waals surface area contributed by atoms with Crippen molar-refractivity contribution in [2.45, 2.75) is 6.92 Å². The minimum Gasteiger partial charge on any atom is -0.461 e. The van der Waals surface area contributed by atoms with Gasteiger partial charge in [-0.25, -0.2) is 4.79 Å². The van der Waals surface area contributed by atoms with Crippen molar-refractivity contribution in [3.8, 4) is 0 Å². The van der Waals surface area contributed by atoms with Gasteiger partial charge >= 0.3 is 5.97 Å². The summed E-state index contributed by atoms with van der Waals surface area (Å²) in [6.45, 7) is 2.07. The number of hydrogen-bond acceptors (Lipinski definition) is 3. The summed E-state index contributed by atoms with van der Waals surface area (Å²) in [7, 11) is 1.71. The molecule has 15 heavy (non-hydrogen) atoms. The topological polar surface area (TPSA) is 48.3 Å². The van der Waals surface area contributed by atoms with E-state index in [4.69, 9.17) is 4.74 Å². The minimum atomic E-state index is -0.409. The van der Waals surface area contributed by atoms with E-state index in [1.165, 1.54) is 0 Å². The first-order valence-electron chi connectivity index (χ1n) is 4.52. The Kier molecular flexibility index (Phi) is 4.08. The molecule has 1 rings (SSSR count). The highest BCUT2D eigenvalue weighted by Crippen LogP contribution is 2.10. The smallest absolute Gasteiger partial charge is 0.354 e. The van der Waals surface area contributed by atoms with Crippen molar-refractivity contribution in [1.29, 1.82) is 0 Å². The lowest BCUT2D eigenvalue weighted by Gasteiger charge is -2.01. The van der Waals surface area contributed by atoms with Gasteiger partial charge in [0.1, 0.15) is 5.69 Å². The van der Waals surface area contributed by atoms with Crippen LogP contribution in [0.2, 0.25) is 0 Å². The Morgan fingerprint density at radius 1 is 1.53 bits per heavy atom. The maximum Gasteiger partial charge on any atom is 0.354 e. The van der Waals surface area contributed by atoms with E-state index in [0.717, 1.165) is 0 Å². The quantitative estimate of drug-likeness (QED) is 0.477. The summed E-state index contributed by atoms with van der Waals surface area (Å²) in [4.78, 5) is 22.8. The van der Waals surface area contributed by atoms with Gasteiger partial charge in [-0.2, -0.15) is 0 Å². The van der Waals surface area contributed by atoms with Crippen LogP contribution in [0.5, 0.6) is 0 Å². The first-order valence-corrected chi connectivity index (χ1v) is 5.65. The summed E-state index contributed by atoms with van der Waals surface area (Å²) in [6, 6.07) is 1.54. The number of ether oxygens (including phenoxy) is 1. The number of alkyl halides is 1. The lowest BCUT2D eigenvalue weighted by Crippen LogP contribution is -2.08. The van der Waals surface area contributed by atoms with E-state index in [1.54, 1.807) is 30.8 Å². The Morgan fingerprint density at radius 2 is 2.20 bits per heavy atom. The second-order valence-electron chi connectivity index (χ2n) is 3.00. The van der Waals surface area contributed by atoms with Crippen molar-refractivity contribution in [3.63, 3.8) is 0 Å². The zero-order valence-corrected chi connectivity index (χ0v) is 10.2. The molecule has 0 amide bonds. The van der Waals surface area contributed by atoms with Gasteiger partial charge in [-0.15, -0.1) is 0 Å². The molecular formula is C10H12BrNO3. The number of halogens is 1. The molecule has 0 radical (unpaired) electrons. The summed E-state index contributed by atoms with van der Waals surface area (Å²) in [5, 5.41) is 0.249. The van der Waals surface area contributed by atoms with Crippen LogP contribution in [0.1, 0.15) is 27.8 Å². The summed E-state index contributed by atoms with van der Waals surface area (Å²) in [6.07, 6.45) is 1.62. The first-order chi connectivity index (χ1) is 7.10. The normalized spacial score (nSPS) is 10.1. The van der Waals surface area contributed by atoms with Gasteiger partial charge in [0, 0.05) is 18.8 Å². The molecule has 0 aliphatic carbocycles. The number of hydrogen-bond donors (Lipinski definition) is 0. The molecule has 82 valence electrons. The lowest BCUT2D eigenvalue weighted by atomic mass is 10.2. The Balaban J connectivity index is 2.96. The zero-order chi connectivity index (χ0) is 11.4. The number of esters is 1. The molecule has 0 fully saturated rings. The predicted molar refractivity (Wildman–Crippen MR) is 59.5 cm³/mol. The van der Waals surface area contributed by atoms with Gasteiger partial charge in [-0.1, -0.05) is 15.9 Å². The molecular weight excluding hydrogens is 262 g/mol. The van der Waals surface area contributed by atoms with Gasteiger partial charge in [0.15, 0.2) is 5.78 Å². The number of carbonyl (C=O) groups is 2. The monoisotopic (exact) mass is 273 g/mol. The standard InChI is InChI=1S/C10H12BrNO3/c1-3-15-10(14)8-4-7(6-12(8)2)9(13)5-11/h4,6H,3,5H2,1-2H3. The fraction of sp³-hybridized carbons (Fsp3) is 0.400. The molecule has 0 atom stereocenters. The lowest BCUT2D eigenvalue weighted by molar-refractivity contribution is 0.0515. The Bertz CT molecular complexity index is 384. The summed E-state index contributed by atoms with van der Waals surface area (Å²) < 4.78 is 6.44. The van der Waals surface area contributed by atoms with Gasteiger partial charge in [-0.05, 0) is 13.0 Å². The van der Waals surface area contributed by atoms with Crippen LogP contribution in [0.4, 0.5) is 0 Å². The fourth-order valence-electron chi connectivity index (χ4n) is 1.20. The largest absolute Gasteiger partial charge is 0.461 e. The molecule has 1 aromatic rings. The van der Waals surface area contributed by atoms with E-state index >= 15 is 0 Å². The maximum absolute atomic E-state index is 11.4. The number of rotatable bonds is 4. The average molecular weight is 274 g/mol. The van der Waals surface area contributed by atoms with E-state index in [9.17, 15) is 9.59 Å². The number of Topliss-reactive ketones (excluding diaryl/α,β-unsaturated/α-hetero) is 1. The SMILES string of the molecule is CCOC(=O)c1cc(C(=O)CBr)cn1C. The molecule has 1 heterocycles. The molecule has 0 aliphatic rings. The molecule has 0 saturated carbocycles. The van der Waals surface area contributed by atoms with Gasteiger partial charge in [-0.3, -0.25) is 4.79 Å². The third-order valence-electron chi connectivity index (χ3n) is 1.93. The summed E-state index contributed by atoms with van der Waals surface area (Å²) in [5.74, 6) is -0.463. The molecule has 1 aromatic heterocycles. The average Bonchev–Trinajstić information content (AvgIpc) is 2.59. The van der Waals surface area contributed by atoms with Crippen molar-refractivity contribution in [2.24, 2.45) is 7.05 Å². The van der Waals surface area contributed by atoms with Crippen LogP contribution in [0.3, 0.4) is 0 Å². The Labute approximate surface area is 96.3 Å². The Morgan fingerprint density at radius 3 is 2.73 bits per heavy atom. The molecule has 0 aromatic carbocycles. The second kappa shape index (κ2) is 5.11. The second-order valence-corrected chi connectivity index (χ2v) is 3.56. The summed E-state index contributed by atoms with van der Waals surface area (Å²) >= 11 is 3.08. The molecule has 5 heteroatoms. The highest BCUT2D eigenvalue weighted by atomic mass is 79.9. The highest BCUT2D eigenvalue weighted by molar-refractivity contribution is 9.09. The molecule has 0 saturated heterocycles. The van der Waals surface area contributed by atoms with Crippen LogP contribution < -0.4 is 0 Å². The van der Waals surface area contributed by atoms with Crippen LogP contribution in [0.25, 0.3) is 0 Å². The van der Waals surface area contributed by atoms with Crippen molar-refractivity contribution < 1.29 is 14.3 Å². The van der Waals surface area contributed by atoms with Crippen molar-refractivity contribution in [3.05, 3.63) is 23.5 Å². The van der Waals surface area contributed by atoms with Crippen LogP contribution in [0.15, 0.2) is 12.3 Å². The van der Waals surface area contributed by atoms with E-state index in [0.29, 0.717) is 17.9 Å². The molecule has 0 spiro atoms. The van der Waals surface area contributed by atoms with Gasteiger partial charge in [0.2, 0.25) is 0 Å². The first kappa shape index (κ1) is 12.0. The van der Waals surface area contributed by atoms with Crippen LogP contribution >= 0.6 is 15.9 Å². The Hall–Kier alpha value is -1.10.